The molecule has 0 fully saturated rings. The fraction of sp³-hybridized carbons (Fsp3) is 0.190. The second-order valence-electron chi connectivity index (χ2n) is 6.63. The van der Waals surface area contributed by atoms with Gasteiger partial charge in [0.1, 0.15) is 18.4 Å². The zero-order chi connectivity index (χ0) is 23.5. The largest absolute Gasteiger partial charge is 0.573 e. The van der Waals surface area contributed by atoms with Crippen LogP contribution in [-0.4, -0.2) is 35.4 Å². The Hall–Kier alpha value is -3.89. The van der Waals surface area contributed by atoms with Gasteiger partial charge in [0.05, 0.1) is 11.9 Å². The third-order valence-electron chi connectivity index (χ3n) is 4.36. The number of carbonyl (C=O) groups is 1. The molecule has 1 N–H and O–H groups in total. The Labute approximate surface area is 180 Å². The van der Waals surface area contributed by atoms with Crippen molar-refractivity contribution < 1.29 is 31.9 Å². The van der Waals surface area contributed by atoms with Gasteiger partial charge in [0.15, 0.2) is 0 Å². The van der Waals surface area contributed by atoms with Crippen molar-refractivity contribution in [2.45, 2.75) is 13.3 Å². The molecule has 3 aromatic rings. The molecule has 7 nitrogen and oxygen atoms in total. The first kappa shape index (κ1) is 22.8. The maximum absolute atomic E-state index is 14.3. The van der Waals surface area contributed by atoms with Gasteiger partial charge in [-0.15, -0.1) is 13.2 Å². The fourth-order valence-corrected chi connectivity index (χ4v) is 3.04. The molecule has 1 aromatic heterocycles. The van der Waals surface area contributed by atoms with E-state index in [0.717, 1.165) is 16.8 Å². The second kappa shape index (κ2) is 9.08. The molecule has 1 heterocycles. The molecule has 0 aliphatic carbocycles. The molecule has 0 aliphatic rings. The predicted molar refractivity (Wildman–Crippen MR) is 109 cm³/mol. The molecule has 11 heteroatoms. The monoisotopic (exact) mass is 450 g/mol. The van der Waals surface area contributed by atoms with Gasteiger partial charge in [0.25, 0.3) is 5.91 Å². The van der Waals surface area contributed by atoms with Crippen LogP contribution in [0.25, 0.3) is 11.1 Å². The van der Waals surface area contributed by atoms with Crippen LogP contribution in [-0.2, 0) is 11.9 Å². The molecular weight excluding hydrogens is 432 g/mol. The summed E-state index contributed by atoms with van der Waals surface area (Å²) in [5.41, 5.74) is 1.31. The molecule has 2 aromatic carbocycles. The normalized spacial score (nSPS) is 11.6. The summed E-state index contributed by atoms with van der Waals surface area (Å²) in [7, 11) is 2.71. The topological polar surface area (TPSA) is 77.7 Å². The zero-order valence-electron chi connectivity index (χ0n) is 17.2. The molecule has 0 atom stereocenters. The number of alkyl halides is 3. The maximum Gasteiger partial charge on any atom is 0.573 e. The number of nitrogens with one attached hydrogen (secondary N) is 1. The van der Waals surface area contributed by atoms with Crippen molar-refractivity contribution >= 4 is 17.8 Å². The van der Waals surface area contributed by atoms with Gasteiger partial charge in [0.2, 0.25) is 5.95 Å². The fourth-order valence-electron chi connectivity index (χ4n) is 3.04. The second-order valence-corrected chi connectivity index (χ2v) is 6.63. The van der Waals surface area contributed by atoms with Gasteiger partial charge < -0.3 is 14.9 Å². The summed E-state index contributed by atoms with van der Waals surface area (Å²) in [4.78, 5) is 17.4. The number of ether oxygens (including phenoxy) is 1. The molecule has 0 spiro atoms. The lowest BCUT2D eigenvalue weighted by Crippen LogP contribution is -2.18. The number of amides is 1. The summed E-state index contributed by atoms with van der Waals surface area (Å²) < 4.78 is 57.4. The number of anilines is 1. The molecule has 0 unspecified atom stereocenters. The molecule has 0 saturated carbocycles. The summed E-state index contributed by atoms with van der Waals surface area (Å²) in [5, 5.41) is 10.1. The van der Waals surface area contributed by atoms with Crippen molar-refractivity contribution in [2.24, 2.45) is 12.2 Å². The van der Waals surface area contributed by atoms with E-state index in [9.17, 15) is 22.4 Å². The van der Waals surface area contributed by atoms with E-state index in [-0.39, 0.29) is 22.5 Å². The van der Waals surface area contributed by atoms with Crippen LogP contribution in [0.15, 0.2) is 47.6 Å². The Kier molecular flexibility index (Phi) is 6.47. The average Bonchev–Trinajstić information content (AvgIpc) is 2.98. The first-order chi connectivity index (χ1) is 15.1. The number of halogens is 4. The minimum Gasteiger partial charge on any atom is -0.406 e. The van der Waals surface area contributed by atoms with Crippen molar-refractivity contribution in [3.05, 3.63) is 65.2 Å². The maximum atomic E-state index is 14.3. The predicted octanol–water partition coefficient (Wildman–Crippen LogP) is 4.67. The molecule has 32 heavy (non-hydrogen) atoms. The number of rotatable bonds is 6. The molecule has 0 saturated heterocycles. The van der Waals surface area contributed by atoms with Crippen LogP contribution in [0, 0.1) is 12.9 Å². The lowest BCUT2D eigenvalue weighted by Gasteiger charge is -2.15. The highest BCUT2D eigenvalue weighted by molar-refractivity contribution is 6.07. The standard InChI is InChI=1S/C21H18F4N4O3/c1-12-18(19(22)29(2)28-12)20(30)27-17-8-7-15(32-21(23,24)25)10-16(17)14-6-4-5-13(9-14)11-26-31-3/h4-11H,1-3H3,(H,27,30). The van der Waals surface area contributed by atoms with Crippen molar-refractivity contribution in [3.8, 4) is 16.9 Å². The van der Waals surface area contributed by atoms with Crippen LogP contribution >= 0.6 is 0 Å². The summed E-state index contributed by atoms with van der Waals surface area (Å²) in [6.45, 7) is 1.47. The number of nitrogens with zero attached hydrogens (tertiary/aromatic N) is 3. The SMILES string of the molecule is CON=Cc1cccc(-c2cc(OC(F)(F)F)ccc2NC(=O)c2c(C)nn(C)c2F)c1. The zero-order valence-corrected chi connectivity index (χ0v) is 17.2. The number of aryl methyl sites for hydroxylation is 2. The summed E-state index contributed by atoms with van der Waals surface area (Å²) in [6, 6.07) is 10.0. The van der Waals surface area contributed by atoms with Crippen molar-refractivity contribution in [3.63, 3.8) is 0 Å². The van der Waals surface area contributed by atoms with E-state index >= 15 is 0 Å². The number of benzene rings is 2. The van der Waals surface area contributed by atoms with Crippen LogP contribution in [0.4, 0.5) is 23.2 Å². The smallest absolute Gasteiger partial charge is 0.406 e. The Morgan fingerprint density at radius 2 is 1.97 bits per heavy atom. The van der Waals surface area contributed by atoms with E-state index in [1.54, 1.807) is 24.3 Å². The Bertz CT molecular complexity index is 1170. The minimum absolute atomic E-state index is 0.146. The van der Waals surface area contributed by atoms with E-state index in [0.29, 0.717) is 11.1 Å². The molecule has 1 amide bonds. The Balaban J connectivity index is 2.06. The van der Waals surface area contributed by atoms with Crippen molar-refractivity contribution in [1.29, 1.82) is 0 Å². The van der Waals surface area contributed by atoms with Gasteiger partial charge in [-0.05, 0) is 42.3 Å². The molecule has 168 valence electrons. The third kappa shape index (κ3) is 5.23. The lowest BCUT2D eigenvalue weighted by molar-refractivity contribution is -0.274. The number of hydrogen-bond acceptors (Lipinski definition) is 5. The van der Waals surface area contributed by atoms with Crippen LogP contribution in [0.5, 0.6) is 5.75 Å². The van der Waals surface area contributed by atoms with E-state index < -0.39 is 24.0 Å². The molecule has 3 rings (SSSR count). The molecular formula is C21H18F4N4O3. The van der Waals surface area contributed by atoms with Crippen molar-refractivity contribution in [1.82, 2.24) is 9.78 Å². The number of hydrogen-bond donors (Lipinski definition) is 1. The highest BCUT2D eigenvalue weighted by Gasteiger charge is 2.31. The quantitative estimate of drug-likeness (QED) is 0.337. The third-order valence-corrected chi connectivity index (χ3v) is 4.36. The van der Waals surface area contributed by atoms with Crippen LogP contribution in [0.2, 0.25) is 0 Å². The summed E-state index contributed by atoms with van der Waals surface area (Å²) in [5.74, 6) is -2.11. The van der Waals surface area contributed by atoms with E-state index in [4.69, 9.17) is 0 Å². The summed E-state index contributed by atoms with van der Waals surface area (Å²) >= 11 is 0. The minimum atomic E-state index is -4.90. The van der Waals surface area contributed by atoms with Crippen LogP contribution < -0.4 is 10.1 Å². The first-order valence-corrected chi connectivity index (χ1v) is 9.16. The van der Waals surface area contributed by atoms with Gasteiger partial charge in [0, 0.05) is 18.3 Å². The number of carbonyl (C=O) groups excluding carboxylic acids is 1. The van der Waals surface area contributed by atoms with Gasteiger partial charge >= 0.3 is 6.36 Å². The average molecular weight is 450 g/mol. The highest BCUT2D eigenvalue weighted by Crippen LogP contribution is 2.34. The lowest BCUT2D eigenvalue weighted by atomic mass is 10.0. The van der Waals surface area contributed by atoms with E-state index in [1.165, 1.54) is 33.4 Å². The molecule has 0 radical (unpaired) electrons. The molecule has 0 aliphatic heterocycles. The van der Waals surface area contributed by atoms with Crippen molar-refractivity contribution in [2.75, 3.05) is 12.4 Å². The van der Waals surface area contributed by atoms with Gasteiger partial charge in [-0.25, -0.2) is 4.68 Å². The van der Waals surface area contributed by atoms with E-state index in [2.05, 4.69) is 25.1 Å². The van der Waals surface area contributed by atoms with E-state index in [1.807, 2.05) is 0 Å². The van der Waals surface area contributed by atoms with Crippen LogP contribution in [0.1, 0.15) is 21.6 Å². The Morgan fingerprint density at radius 3 is 2.59 bits per heavy atom. The summed E-state index contributed by atoms with van der Waals surface area (Å²) in [6.07, 6.45) is -3.49. The van der Waals surface area contributed by atoms with Gasteiger partial charge in [-0.2, -0.15) is 9.49 Å². The molecule has 0 bridgehead atoms. The van der Waals surface area contributed by atoms with Crippen LogP contribution in [0.3, 0.4) is 0 Å². The highest BCUT2D eigenvalue weighted by atomic mass is 19.4. The Morgan fingerprint density at radius 1 is 1.22 bits per heavy atom. The first-order valence-electron chi connectivity index (χ1n) is 9.16. The number of aromatic nitrogens is 2. The van der Waals surface area contributed by atoms with Gasteiger partial charge in [-0.1, -0.05) is 23.4 Å². The number of oxime groups is 1. The van der Waals surface area contributed by atoms with Gasteiger partial charge in [-0.3, -0.25) is 4.79 Å².